The fraction of sp³-hybridized carbons (Fsp3) is 0.579. The highest BCUT2D eigenvalue weighted by molar-refractivity contribution is 8.00. The van der Waals surface area contributed by atoms with Gasteiger partial charge in [0.2, 0.25) is 11.8 Å². The summed E-state index contributed by atoms with van der Waals surface area (Å²) < 4.78 is 37.6. The van der Waals surface area contributed by atoms with E-state index in [2.05, 4.69) is 16.0 Å². The van der Waals surface area contributed by atoms with Crippen LogP contribution in [0.1, 0.15) is 44.1 Å². The molecule has 2 saturated carbocycles. The lowest BCUT2D eigenvalue weighted by molar-refractivity contribution is -0.134. The van der Waals surface area contributed by atoms with Crippen molar-refractivity contribution in [2.24, 2.45) is 5.92 Å². The summed E-state index contributed by atoms with van der Waals surface area (Å²) in [5, 5.41) is 9.19. The molecule has 1 saturated heterocycles. The van der Waals surface area contributed by atoms with E-state index in [0.717, 1.165) is 37.7 Å². The molecule has 5 nitrogen and oxygen atoms in total. The molecule has 3 aliphatic rings. The Bertz CT molecular complexity index is 761. The summed E-state index contributed by atoms with van der Waals surface area (Å²) in [6.07, 6.45) is 4.41. The highest BCUT2D eigenvalue weighted by Crippen LogP contribution is 2.43. The van der Waals surface area contributed by atoms with E-state index < -0.39 is 17.1 Å². The molecule has 2 unspecified atom stereocenters. The van der Waals surface area contributed by atoms with Crippen LogP contribution in [0, 0.1) is 5.92 Å². The summed E-state index contributed by atoms with van der Waals surface area (Å²) in [4.78, 5) is 24.9. The molecule has 3 fully saturated rings. The monoisotopic (exact) mass is 413 g/mol. The van der Waals surface area contributed by atoms with Gasteiger partial charge in [-0.1, -0.05) is 12.1 Å². The first-order chi connectivity index (χ1) is 13.2. The Morgan fingerprint density at radius 2 is 1.86 bits per heavy atom. The van der Waals surface area contributed by atoms with Gasteiger partial charge in [0.25, 0.3) is 0 Å². The Balaban J connectivity index is 1.44. The van der Waals surface area contributed by atoms with Crippen LogP contribution in [0.15, 0.2) is 29.2 Å². The van der Waals surface area contributed by atoms with E-state index in [1.165, 1.54) is 12.1 Å². The zero-order chi connectivity index (χ0) is 19.9. The highest BCUT2D eigenvalue weighted by Gasteiger charge is 2.44. The number of thioether (sulfide) groups is 1. The smallest absolute Gasteiger partial charge is 0.345 e. The Labute approximate surface area is 165 Å². The maximum Gasteiger partial charge on any atom is 0.446 e. The molecule has 2 aliphatic carbocycles. The van der Waals surface area contributed by atoms with Gasteiger partial charge in [-0.15, -0.1) is 0 Å². The van der Waals surface area contributed by atoms with Crippen LogP contribution in [0.4, 0.5) is 13.2 Å². The molecular weight excluding hydrogens is 391 g/mol. The maximum atomic E-state index is 12.9. The van der Waals surface area contributed by atoms with Gasteiger partial charge in [-0.05, 0) is 67.5 Å². The Hall–Kier alpha value is -1.74. The Morgan fingerprint density at radius 3 is 2.39 bits per heavy atom. The molecule has 0 spiro atoms. The quantitative estimate of drug-likeness (QED) is 0.649. The maximum absolute atomic E-state index is 12.9. The molecule has 0 radical (unpaired) electrons. The molecule has 0 aromatic heterocycles. The van der Waals surface area contributed by atoms with E-state index in [0.29, 0.717) is 5.92 Å². The van der Waals surface area contributed by atoms with Crippen LogP contribution in [0.2, 0.25) is 0 Å². The summed E-state index contributed by atoms with van der Waals surface area (Å²) in [6, 6.07) is 5.60. The van der Waals surface area contributed by atoms with Crippen molar-refractivity contribution < 1.29 is 22.8 Å². The second-order valence-electron chi connectivity index (χ2n) is 7.80. The molecule has 0 bridgehead atoms. The van der Waals surface area contributed by atoms with Gasteiger partial charge in [-0.25, -0.2) is 0 Å². The van der Waals surface area contributed by atoms with Crippen LogP contribution >= 0.6 is 11.8 Å². The Morgan fingerprint density at radius 1 is 1.18 bits per heavy atom. The van der Waals surface area contributed by atoms with Crippen molar-refractivity contribution in [3.8, 4) is 0 Å². The van der Waals surface area contributed by atoms with Gasteiger partial charge in [0, 0.05) is 4.90 Å². The molecule has 152 valence electrons. The third-order valence-corrected chi connectivity index (χ3v) is 6.45. The van der Waals surface area contributed by atoms with Crippen LogP contribution in [-0.4, -0.2) is 29.5 Å². The lowest BCUT2D eigenvalue weighted by Gasteiger charge is -2.44. The Kier molecular flexibility index (Phi) is 5.07. The first kappa shape index (κ1) is 19.6. The van der Waals surface area contributed by atoms with Crippen molar-refractivity contribution >= 4 is 23.6 Å². The van der Waals surface area contributed by atoms with Gasteiger partial charge in [0.15, 0.2) is 0 Å². The number of nitrogens with one attached hydrogen (secondary N) is 3. The number of hydrogen-bond donors (Lipinski definition) is 3. The summed E-state index contributed by atoms with van der Waals surface area (Å²) in [5.74, 6) is 0.0248. The highest BCUT2D eigenvalue weighted by atomic mass is 32.2. The molecule has 2 atom stereocenters. The predicted octanol–water partition coefficient (Wildman–Crippen LogP) is 3.01. The fourth-order valence-corrected chi connectivity index (χ4v) is 4.44. The van der Waals surface area contributed by atoms with E-state index in [1.54, 1.807) is 12.1 Å². The molecular formula is C19H22F3N3O2S. The van der Waals surface area contributed by atoms with Gasteiger partial charge in [-0.2, -0.15) is 13.2 Å². The number of hydrogen-bond acceptors (Lipinski definition) is 4. The minimum absolute atomic E-state index is 0.0896. The van der Waals surface area contributed by atoms with E-state index in [-0.39, 0.29) is 41.1 Å². The van der Waals surface area contributed by atoms with E-state index >= 15 is 0 Å². The predicted molar refractivity (Wildman–Crippen MR) is 98.2 cm³/mol. The van der Waals surface area contributed by atoms with Crippen molar-refractivity contribution in [3.05, 3.63) is 29.8 Å². The molecule has 1 aliphatic heterocycles. The number of carbonyl (C=O) groups is 2. The zero-order valence-electron chi connectivity index (χ0n) is 15.1. The molecule has 4 rings (SSSR count). The number of amides is 2. The number of carbonyl (C=O) groups excluding carboxylic acids is 2. The third kappa shape index (κ3) is 4.30. The number of rotatable bonds is 5. The SMILES string of the molecule is O=C1CC(C(=O)NC2(c3ccc(SC(F)(F)F)cc3)CCC2)NC(C2CC2)N1. The van der Waals surface area contributed by atoms with Gasteiger partial charge in [0.05, 0.1) is 24.2 Å². The first-order valence-corrected chi connectivity index (χ1v) is 10.3. The van der Waals surface area contributed by atoms with Gasteiger partial charge in [-0.3, -0.25) is 14.9 Å². The summed E-state index contributed by atoms with van der Waals surface area (Å²) in [5.41, 5.74) is -4.09. The molecule has 2 amide bonds. The van der Waals surface area contributed by atoms with Crippen LogP contribution < -0.4 is 16.0 Å². The standard InChI is InChI=1S/C19H22F3N3O2S/c20-19(21,22)28-13-6-4-12(5-7-13)18(8-1-9-18)25-17(27)14-10-15(26)24-16(23-14)11-2-3-11/h4-7,11,14,16,23H,1-3,8-10H2,(H,24,26)(H,25,27). The normalized spacial score (nSPS) is 26.9. The van der Waals surface area contributed by atoms with Crippen molar-refractivity contribution in [1.29, 1.82) is 0 Å². The molecule has 1 aromatic carbocycles. The van der Waals surface area contributed by atoms with E-state index in [1.807, 2.05) is 0 Å². The van der Waals surface area contributed by atoms with Crippen molar-refractivity contribution in [3.63, 3.8) is 0 Å². The van der Waals surface area contributed by atoms with Crippen molar-refractivity contribution in [2.75, 3.05) is 0 Å². The van der Waals surface area contributed by atoms with E-state index in [9.17, 15) is 22.8 Å². The first-order valence-electron chi connectivity index (χ1n) is 9.48. The molecule has 9 heteroatoms. The fourth-order valence-electron chi connectivity index (χ4n) is 3.90. The molecule has 1 heterocycles. The molecule has 1 aromatic rings. The second-order valence-corrected chi connectivity index (χ2v) is 8.94. The summed E-state index contributed by atoms with van der Waals surface area (Å²) in [6.45, 7) is 0. The number of halogens is 3. The van der Waals surface area contributed by atoms with Crippen LogP contribution in [-0.2, 0) is 15.1 Å². The third-order valence-electron chi connectivity index (χ3n) is 5.71. The zero-order valence-corrected chi connectivity index (χ0v) is 16.0. The lowest BCUT2D eigenvalue weighted by Crippen LogP contribution is -2.64. The van der Waals surface area contributed by atoms with Crippen LogP contribution in [0.25, 0.3) is 0 Å². The van der Waals surface area contributed by atoms with Crippen molar-refractivity contribution in [2.45, 2.75) is 66.7 Å². The van der Waals surface area contributed by atoms with Gasteiger partial charge < -0.3 is 10.6 Å². The van der Waals surface area contributed by atoms with Gasteiger partial charge in [0.1, 0.15) is 0 Å². The summed E-state index contributed by atoms with van der Waals surface area (Å²) in [7, 11) is 0. The molecule has 28 heavy (non-hydrogen) atoms. The summed E-state index contributed by atoms with van der Waals surface area (Å²) >= 11 is -0.150. The largest absolute Gasteiger partial charge is 0.446 e. The van der Waals surface area contributed by atoms with E-state index in [4.69, 9.17) is 0 Å². The van der Waals surface area contributed by atoms with Crippen molar-refractivity contribution in [1.82, 2.24) is 16.0 Å². The number of benzene rings is 1. The minimum atomic E-state index is -4.32. The average Bonchev–Trinajstić information content (AvgIpc) is 3.42. The van der Waals surface area contributed by atoms with Crippen LogP contribution in [0.5, 0.6) is 0 Å². The number of alkyl halides is 3. The second kappa shape index (κ2) is 7.26. The topological polar surface area (TPSA) is 70.2 Å². The average molecular weight is 413 g/mol. The minimum Gasteiger partial charge on any atom is -0.345 e. The lowest BCUT2D eigenvalue weighted by atomic mass is 9.71. The van der Waals surface area contributed by atoms with Crippen LogP contribution in [0.3, 0.4) is 0 Å². The molecule has 3 N–H and O–H groups in total. The van der Waals surface area contributed by atoms with Gasteiger partial charge >= 0.3 is 5.51 Å².